The summed E-state index contributed by atoms with van der Waals surface area (Å²) in [5, 5.41) is 2.03. The Morgan fingerprint density at radius 2 is 2.23 bits per heavy atom. The second-order valence-electron chi connectivity index (χ2n) is 2.80. The summed E-state index contributed by atoms with van der Waals surface area (Å²) in [4.78, 5) is 0. The van der Waals surface area contributed by atoms with Crippen molar-refractivity contribution in [1.29, 1.82) is 0 Å². The second-order valence-corrected chi connectivity index (χ2v) is 2.80. The predicted molar refractivity (Wildman–Crippen MR) is 52.9 cm³/mol. The summed E-state index contributed by atoms with van der Waals surface area (Å²) >= 11 is 0. The van der Waals surface area contributed by atoms with Gasteiger partial charge in [-0.1, -0.05) is 12.7 Å². The van der Waals surface area contributed by atoms with E-state index in [1.165, 1.54) is 0 Å². The number of fused-ring (bicyclic) bond motifs is 1. The van der Waals surface area contributed by atoms with Crippen molar-refractivity contribution in [2.75, 3.05) is 7.11 Å². The van der Waals surface area contributed by atoms with Crippen molar-refractivity contribution in [2.45, 2.75) is 0 Å². The Morgan fingerprint density at radius 3 is 2.92 bits per heavy atom. The van der Waals surface area contributed by atoms with Crippen molar-refractivity contribution in [3.05, 3.63) is 36.8 Å². The van der Waals surface area contributed by atoms with Gasteiger partial charge in [-0.25, -0.2) is 0 Å². The van der Waals surface area contributed by atoms with Gasteiger partial charge in [-0.15, -0.1) is 0 Å². The fraction of sp³-hybridized carbons (Fsp3) is 0.0909. The van der Waals surface area contributed by atoms with Crippen LogP contribution in [0.2, 0.25) is 0 Å². The standard InChI is InChI=1S/C11H10O2/c1-3-8-4-9-6-13-7-10(9)11(5-8)12-2/h3-7H,1H2,2H3. The molecule has 0 aliphatic carbocycles. The van der Waals surface area contributed by atoms with Crippen molar-refractivity contribution < 1.29 is 9.15 Å². The maximum Gasteiger partial charge on any atom is 0.130 e. The molecule has 13 heavy (non-hydrogen) atoms. The Hall–Kier alpha value is -1.70. The van der Waals surface area contributed by atoms with Crippen molar-refractivity contribution in [1.82, 2.24) is 0 Å². The molecule has 0 saturated heterocycles. The Kier molecular flexibility index (Phi) is 1.81. The molecular formula is C11H10O2. The molecule has 0 N–H and O–H groups in total. The topological polar surface area (TPSA) is 22.4 Å². The van der Waals surface area contributed by atoms with Crippen LogP contribution in [0.4, 0.5) is 0 Å². The third kappa shape index (κ3) is 1.20. The van der Waals surface area contributed by atoms with E-state index in [-0.39, 0.29) is 0 Å². The molecular weight excluding hydrogens is 164 g/mol. The Morgan fingerprint density at radius 1 is 1.38 bits per heavy atom. The summed E-state index contributed by atoms with van der Waals surface area (Å²) < 4.78 is 10.3. The second kappa shape index (κ2) is 2.98. The van der Waals surface area contributed by atoms with Gasteiger partial charge >= 0.3 is 0 Å². The quantitative estimate of drug-likeness (QED) is 0.698. The molecule has 0 saturated carbocycles. The smallest absolute Gasteiger partial charge is 0.130 e. The van der Waals surface area contributed by atoms with Gasteiger partial charge < -0.3 is 9.15 Å². The number of ether oxygens (including phenoxy) is 1. The first-order valence-corrected chi connectivity index (χ1v) is 4.01. The zero-order valence-corrected chi connectivity index (χ0v) is 7.41. The van der Waals surface area contributed by atoms with E-state index in [1.807, 2.05) is 12.1 Å². The van der Waals surface area contributed by atoms with E-state index in [2.05, 4.69) is 6.58 Å². The summed E-state index contributed by atoms with van der Waals surface area (Å²) in [7, 11) is 1.65. The van der Waals surface area contributed by atoms with Gasteiger partial charge in [-0.3, -0.25) is 0 Å². The first-order valence-electron chi connectivity index (χ1n) is 4.01. The highest BCUT2D eigenvalue weighted by atomic mass is 16.5. The summed E-state index contributed by atoms with van der Waals surface area (Å²) in [5.74, 6) is 0.821. The van der Waals surface area contributed by atoms with Crippen LogP contribution in [0.1, 0.15) is 5.56 Å². The minimum atomic E-state index is 0.821. The van der Waals surface area contributed by atoms with Crippen LogP contribution >= 0.6 is 0 Å². The largest absolute Gasteiger partial charge is 0.496 e. The molecule has 2 aromatic rings. The molecule has 0 amide bonds. The summed E-state index contributed by atoms with van der Waals surface area (Å²) in [6.07, 6.45) is 5.17. The van der Waals surface area contributed by atoms with Crippen LogP contribution in [-0.4, -0.2) is 7.11 Å². The van der Waals surface area contributed by atoms with Crippen molar-refractivity contribution in [3.63, 3.8) is 0 Å². The Bertz CT molecular complexity index is 440. The average molecular weight is 174 g/mol. The van der Waals surface area contributed by atoms with E-state index in [0.29, 0.717) is 0 Å². The minimum Gasteiger partial charge on any atom is -0.496 e. The molecule has 0 fully saturated rings. The lowest BCUT2D eigenvalue weighted by Crippen LogP contribution is -1.84. The number of furan rings is 1. The summed E-state index contributed by atoms with van der Waals surface area (Å²) in [6.45, 7) is 3.71. The number of hydrogen-bond acceptors (Lipinski definition) is 2. The summed E-state index contributed by atoms with van der Waals surface area (Å²) in [5.41, 5.74) is 1.03. The maximum atomic E-state index is 5.22. The number of benzene rings is 1. The Labute approximate surface area is 76.4 Å². The number of rotatable bonds is 2. The van der Waals surface area contributed by atoms with Crippen molar-refractivity contribution in [3.8, 4) is 5.75 Å². The molecule has 66 valence electrons. The molecule has 0 aliphatic heterocycles. The molecule has 2 heteroatoms. The van der Waals surface area contributed by atoms with Gasteiger partial charge in [0.15, 0.2) is 0 Å². The third-order valence-corrected chi connectivity index (χ3v) is 2.03. The molecule has 0 aliphatic rings. The van der Waals surface area contributed by atoms with Crippen molar-refractivity contribution >= 4 is 16.8 Å². The van der Waals surface area contributed by atoms with E-state index >= 15 is 0 Å². The molecule has 1 aromatic heterocycles. The molecule has 2 rings (SSSR count). The first kappa shape index (κ1) is 7.92. The lowest BCUT2D eigenvalue weighted by molar-refractivity contribution is 0.419. The molecule has 1 aromatic carbocycles. The average Bonchev–Trinajstić information content (AvgIpc) is 2.63. The fourth-order valence-corrected chi connectivity index (χ4v) is 1.36. The molecule has 0 atom stereocenters. The SMILES string of the molecule is C=Cc1cc(OC)c2cocc2c1. The highest BCUT2D eigenvalue weighted by Gasteiger charge is 2.04. The van der Waals surface area contributed by atoms with Crippen LogP contribution in [0.5, 0.6) is 5.75 Å². The molecule has 1 heterocycles. The highest BCUT2D eigenvalue weighted by Crippen LogP contribution is 2.28. The van der Waals surface area contributed by atoms with E-state index in [4.69, 9.17) is 9.15 Å². The van der Waals surface area contributed by atoms with Gasteiger partial charge in [0.05, 0.1) is 18.8 Å². The molecule has 2 nitrogen and oxygen atoms in total. The number of hydrogen-bond donors (Lipinski definition) is 0. The molecule has 0 radical (unpaired) electrons. The van der Waals surface area contributed by atoms with Gasteiger partial charge in [0.1, 0.15) is 12.0 Å². The lowest BCUT2D eigenvalue weighted by atomic mass is 10.1. The molecule has 0 bridgehead atoms. The zero-order valence-electron chi connectivity index (χ0n) is 7.41. The van der Waals surface area contributed by atoms with Crippen LogP contribution in [0.15, 0.2) is 35.7 Å². The zero-order chi connectivity index (χ0) is 9.26. The number of methoxy groups -OCH3 is 1. The monoisotopic (exact) mass is 174 g/mol. The minimum absolute atomic E-state index is 0.821. The Balaban J connectivity index is 2.77. The van der Waals surface area contributed by atoms with Gasteiger partial charge in [-0.05, 0) is 17.7 Å². The molecule has 0 spiro atoms. The lowest BCUT2D eigenvalue weighted by Gasteiger charge is -2.02. The van der Waals surface area contributed by atoms with Gasteiger partial charge in [-0.2, -0.15) is 0 Å². The van der Waals surface area contributed by atoms with Gasteiger partial charge in [0.2, 0.25) is 0 Å². The fourth-order valence-electron chi connectivity index (χ4n) is 1.36. The molecule has 0 unspecified atom stereocenters. The van der Waals surface area contributed by atoms with Crippen LogP contribution in [0, 0.1) is 0 Å². The predicted octanol–water partition coefficient (Wildman–Crippen LogP) is 3.08. The van der Waals surface area contributed by atoms with E-state index < -0.39 is 0 Å². The van der Waals surface area contributed by atoms with E-state index in [0.717, 1.165) is 22.1 Å². The maximum absolute atomic E-state index is 5.22. The van der Waals surface area contributed by atoms with Gasteiger partial charge in [0.25, 0.3) is 0 Å². The third-order valence-electron chi connectivity index (χ3n) is 2.03. The van der Waals surface area contributed by atoms with Crippen LogP contribution in [-0.2, 0) is 0 Å². The summed E-state index contributed by atoms with van der Waals surface area (Å²) in [6, 6.07) is 3.94. The highest BCUT2D eigenvalue weighted by molar-refractivity contribution is 5.89. The van der Waals surface area contributed by atoms with E-state index in [1.54, 1.807) is 25.7 Å². The van der Waals surface area contributed by atoms with Crippen LogP contribution < -0.4 is 4.74 Å². The normalized spacial score (nSPS) is 10.2. The van der Waals surface area contributed by atoms with Crippen molar-refractivity contribution in [2.24, 2.45) is 0 Å². The van der Waals surface area contributed by atoms with E-state index in [9.17, 15) is 0 Å². The van der Waals surface area contributed by atoms with Crippen LogP contribution in [0.25, 0.3) is 16.8 Å². The van der Waals surface area contributed by atoms with Crippen LogP contribution in [0.3, 0.4) is 0 Å². The van der Waals surface area contributed by atoms with Gasteiger partial charge in [0, 0.05) is 5.39 Å². The first-order chi connectivity index (χ1) is 6.35.